The second kappa shape index (κ2) is 5.40. The largest absolute Gasteiger partial charge is 0.481 e. The topological polar surface area (TPSA) is 80.9 Å². The molecule has 0 saturated heterocycles. The first-order valence-corrected chi connectivity index (χ1v) is 6.42. The van der Waals surface area contributed by atoms with Crippen molar-refractivity contribution in [2.45, 2.75) is 33.7 Å². The van der Waals surface area contributed by atoms with Gasteiger partial charge in [-0.25, -0.2) is 4.68 Å². The Morgan fingerprint density at radius 2 is 2.15 bits per heavy atom. The second-order valence-corrected chi connectivity index (χ2v) is 5.61. The predicted molar refractivity (Wildman–Crippen MR) is 73.2 cm³/mol. The number of carboxylic acid groups (broad SMARTS) is 1. The highest BCUT2D eigenvalue weighted by Crippen LogP contribution is 2.19. The number of carbonyl (C=O) groups is 1. The number of rotatable bonds is 5. The van der Waals surface area contributed by atoms with Crippen LogP contribution in [0, 0.1) is 12.3 Å². The zero-order chi connectivity index (χ0) is 14.8. The van der Waals surface area contributed by atoms with Gasteiger partial charge >= 0.3 is 5.97 Å². The molecule has 6 heteroatoms. The second-order valence-electron chi connectivity index (χ2n) is 5.61. The average Bonchev–Trinajstić information content (AvgIpc) is 2.75. The summed E-state index contributed by atoms with van der Waals surface area (Å²) >= 11 is 0. The van der Waals surface area contributed by atoms with Gasteiger partial charge in [0.2, 0.25) is 0 Å². The van der Waals surface area contributed by atoms with Gasteiger partial charge in [-0.05, 0) is 36.8 Å². The van der Waals surface area contributed by atoms with E-state index in [-0.39, 0.29) is 6.54 Å². The maximum Gasteiger partial charge on any atom is 0.310 e. The number of hydrogen-bond acceptors (Lipinski definition) is 4. The number of benzene rings is 1. The van der Waals surface area contributed by atoms with Crippen LogP contribution in [0.25, 0.3) is 0 Å². The van der Waals surface area contributed by atoms with Crippen LogP contribution in [0.3, 0.4) is 0 Å². The third-order valence-corrected chi connectivity index (χ3v) is 3.17. The van der Waals surface area contributed by atoms with Gasteiger partial charge in [-0.2, -0.15) is 0 Å². The van der Waals surface area contributed by atoms with Crippen molar-refractivity contribution in [3.63, 3.8) is 0 Å². The standard InChI is InChI=1S/C14H18N4O2/c1-10-5-4-6-11(7-10)8-12-15-16-17-18(12)9-14(2,3)13(19)20/h4-7H,8-9H2,1-3H3,(H,19,20). The number of hydrogen-bond donors (Lipinski definition) is 1. The Balaban J connectivity index is 2.19. The van der Waals surface area contributed by atoms with Gasteiger partial charge in [-0.1, -0.05) is 29.8 Å². The molecule has 0 spiro atoms. The van der Waals surface area contributed by atoms with Crippen LogP contribution in [0.4, 0.5) is 0 Å². The van der Waals surface area contributed by atoms with Gasteiger partial charge in [-0.3, -0.25) is 4.79 Å². The van der Waals surface area contributed by atoms with Crippen LogP contribution in [0.2, 0.25) is 0 Å². The molecule has 106 valence electrons. The molecule has 6 nitrogen and oxygen atoms in total. The molecular weight excluding hydrogens is 256 g/mol. The minimum absolute atomic E-state index is 0.247. The van der Waals surface area contributed by atoms with E-state index in [2.05, 4.69) is 21.6 Å². The smallest absolute Gasteiger partial charge is 0.310 e. The van der Waals surface area contributed by atoms with E-state index in [9.17, 15) is 9.90 Å². The summed E-state index contributed by atoms with van der Waals surface area (Å²) in [5.74, 6) is -0.195. The van der Waals surface area contributed by atoms with Crippen molar-refractivity contribution in [1.29, 1.82) is 0 Å². The molecule has 1 aromatic carbocycles. The Bertz CT molecular complexity index is 619. The van der Waals surface area contributed by atoms with Gasteiger partial charge in [0.05, 0.1) is 12.0 Å². The van der Waals surface area contributed by atoms with E-state index in [4.69, 9.17) is 0 Å². The van der Waals surface area contributed by atoms with E-state index in [1.165, 1.54) is 5.56 Å². The Hall–Kier alpha value is -2.24. The summed E-state index contributed by atoms with van der Waals surface area (Å²) in [5, 5.41) is 20.7. The van der Waals surface area contributed by atoms with Gasteiger partial charge < -0.3 is 5.11 Å². The Labute approximate surface area is 117 Å². The van der Waals surface area contributed by atoms with E-state index < -0.39 is 11.4 Å². The van der Waals surface area contributed by atoms with Crippen LogP contribution in [0.1, 0.15) is 30.8 Å². The fourth-order valence-electron chi connectivity index (χ4n) is 1.92. The highest BCUT2D eigenvalue weighted by molar-refractivity contribution is 5.73. The molecule has 0 unspecified atom stereocenters. The molecule has 1 heterocycles. The Morgan fingerprint density at radius 3 is 2.80 bits per heavy atom. The molecule has 2 aromatic rings. The summed E-state index contributed by atoms with van der Waals surface area (Å²) in [5.41, 5.74) is 1.37. The first kappa shape index (κ1) is 14.2. The molecule has 20 heavy (non-hydrogen) atoms. The summed E-state index contributed by atoms with van der Waals surface area (Å²) in [4.78, 5) is 11.2. The quantitative estimate of drug-likeness (QED) is 0.897. The van der Waals surface area contributed by atoms with Gasteiger partial charge in [-0.15, -0.1) is 5.10 Å². The number of aliphatic carboxylic acids is 1. The normalized spacial score (nSPS) is 11.6. The molecule has 1 aromatic heterocycles. The van der Waals surface area contributed by atoms with E-state index >= 15 is 0 Å². The van der Waals surface area contributed by atoms with Crippen molar-refractivity contribution in [3.8, 4) is 0 Å². The fourth-order valence-corrected chi connectivity index (χ4v) is 1.92. The van der Waals surface area contributed by atoms with Crippen LogP contribution >= 0.6 is 0 Å². The third-order valence-electron chi connectivity index (χ3n) is 3.17. The minimum Gasteiger partial charge on any atom is -0.481 e. The summed E-state index contributed by atoms with van der Waals surface area (Å²) < 4.78 is 1.57. The first-order valence-electron chi connectivity index (χ1n) is 6.42. The van der Waals surface area contributed by atoms with Crippen LogP contribution < -0.4 is 0 Å². The predicted octanol–water partition coefficient (Wildman–Crippen LogP) is 1.68. The highest BCUT2D eigenvalue weighted by atomic mass is 16.4. The number of tetrazole rings is 1. The molecule has 1 N–H and O–H groups in total. The van der Waals surface area contributed by atoms with E-state index in [0.29, 0.717) is 12.2 Å². The summed E-state index contributed by atoms with van der Waals surface area (Å²) in [6.07, 6.45) is 0.588. The molecule has 0 amide bonds. The summed E-state index contributed by atoms with van der Waals surface area (Å²) in [6.45, 7) is 5.59. The zero-order valence-electron chi connectivity index (χ0n) is 11.9. The summed E-state index contributed by atoms with van der Waals surface area (Å²) in [7, 11) is 0. The zero-order valence-corrected chi connectivity index (χ0v) is 11.9. The van der Waals surface area contributed by atoms with Crippen LogP contribution in [0.5, 0.6) is 0 Å². The van der Waals surface area contributed by atoms with Crippen LogP contribution in [-0.2, 0) is 17.8 Å². The molecule has 0 atom stereocenters. The third kappa shape index (κ3) is 3.20. The van der Waals surface area contributed by atoms with Crippen molar-refractivity contribution in [2.24, 2.45) is 5.41 Å². The maximum atomic E-state index is 11.2. The molecule has 0 bridgehead atoms. The van der Waals surface area contributed by atoms with E-state index in [1.807, 2.05) is 25.1 Å². The van der Waals surface area contributed by atoms with Crippen LogP contribution in [-0.4, -0.2) is 31.3 Å². The molecular formula is C14H18N4O2. The number of carboxylic acids is 1. The molecule has 2 rings (SSSR count). The lowest BCUT2D eigenvalue weighted by atomic mass is 9.94. The highest BCUT2D eigenvalue weighted by Gasteiger charge is 2.29. The number of aromatic nitrogens is 4. The lowest BCUT2D eigenvalue weighted by Gasteiger charge is -2.19. The molecule has 0 radical (unpaired) electrons. The lowest BCUT2D eigenvalue weighted by molar-refractivity contribution is -0.147. The van der Waals surface area contributed by atoms with Gasteiger partial charge in [0.15, 0.2) is 5.82 Å². The van der Waals surface area contributed by atoms with Gasteiger partial charge in [0.1, 0.15) is 0 Å². The molecule has 0 fully saturated rings. The molecule has 0 aliphatic carbocycles. The first-order chi connectivity index (χ1) is 9.38. The molecule has 0 saturated carbocycles. The van der Waals surface area contributed by atoms with Gasteiger partial charge in [0, 0.05) is 6.42 Å². The number of nitrogens with zero attached hydrogens (tertiary/aromatic N) is 4. The van der Waals surface area contributed by atoms with Crippen molar-refractivity contribution in [3.05, 3.63) is 41.2 Å². The van der Waals surface area contributed by atoms with Gasteiger partial charge in [0.25, 0.3) is 0 Å². The maximum absolute atomic E-state index is 11.2. The minimum atomic E-state index is -0.906. The Morgan fingerprint density at radius 1 is 1.40 bits per heavy atom. The monoisotopic (exact) mass is 274 g/mol. The van der Waals surface area contributed by atoms with Crippen LogP contribution in [0.15, 0.2) is 24.3 Å². The molecule has 0 aliphatic rings. The summed E-state index contributed by atoms with van der Waals surface area (Å²) in [6, 6.07) is 8.09. The Kier molecular flexibility index (Phi) is 3.83. The van der Waals surface area contributed by atoms with Crippen molar-refractivity contribution in [2.75, 3.05) is 0 Å². The van der Waals surface area contributed by atoms with E-state index in [0.717, 1.165) is 5.56 Å². The molecule has 0 aliphatic heterocycles. The fraction of sp³-hybridized carbons (Fsp3) is 0.429. The SMILES string of the molecule is Cc1cccc(Cc2nnnn2CC(C)(C)C(=O)O)c1. The van der Waals surface area contributed by atoms with Crippen molar-refractivity contribution < 1.29 is 9.90 Å². The average molecular weight is 274 g/mol. The van der Waals surface area contributed by atoms with Crippen molar-refractivity contribution >= 4 is 5.97 Å². The van der Waals surface area contributed by atoms with E-state index in [1.54, 1.807) is 18.5 Å². The lowest BCUT2D eigenvalue weighted by Crippen LogP contribution is -2.30. The number of aryl methyl sites for hydroxylation is 1. The van der Waals surface area contributed by atoms with Crippen molar-refractivity contribution in [1.82, 2.24) is 20.2 Å².